The Bertz CT molecular complexity index is 933. The third kappa shape index (κ3) is 2.70. The van der Waals surface area contributed by atoms with Gasteiger partial charge in [-0.3, -0.25) is 14.3 Å². The minimum Gasteiger partial charge on any atom is -0.462 e. The quantitative estimate of drug-likeness (QED) is 0.698. The highest BCUT2D eigenvalue weighted by Crippen LogP contribution is 2.17. The van der Waals surface area contributed by atoms with E-state index in [-0.39, 0.29) is 12.2 Å². The molecule has 0 unspecified atom stereocenters. The van der Waals surface area contributed by atoms with E-state index in [0.29, 0.717) is 16.6 Å². The molecule has 3 rings (SSSR count). The van der Waals surface area contributed by atoms with Gasteiger partial charge < -0.3 is 4.74 Å². The van der Waals surface area contributed by atoms with Crippen molar-refractivity contribution >= 4 is 16.9 Å². The fraction of sp³-hybridized carbons (Fsp3) is 0.118. The average Bonchev–Trinajstić information content (AvgIpc) is 2.56. The molecule has 3 aromatic rings. The molecule has 116 valence electrons. The van der Waals surface area contributed by atoms with Crippen LogP contribution in [-0.2, 0) is 4.74 Å². The maximum absolute atomic E-state index is 13.2. The third-order valence-electron chi connectivity index (χ3n) is 3.39. The number of carbonyl (C=O) groups excluding carboxylic acids is 1. The van der Waals surface area contributed by atoms with Crippen molar-refractivity contribution in [2.75, 3.05) is 6.61 Å². The number of hydrogen-bond acceptors (Lipinski definition) is 4. The van der Waals surface area contributed by atoms with E-state index in [9.17, 15) is 14.0 Å². The molecule has 0 spiro atoms. The highest BCUT2D eigenvalue weighted by molar-refractivity contribution is 5.94. The van der Waals surface area contributed by atoms with Crippen LogP contribution in [-0.4, -0.2) is 22.1 Å². The summed E-state index contributed by atoms with van der Waals surface area (Å²) in [5, 5.41) is 0.659. The van der Waals surface area contributed by atoms with Gasteiger partial charge in [-0.25, -0.2) is 9.18 Å². The minimum atomic E-state index is -0.688. The number of halogens is 1. The maximum atomic E-state index is 13.2. The van der Waals surface area contributed by atoms with E-state index < -0.39 is 17.3 Å². The second-order valence-electron chi connectivity index (χ2n) is 4.83. The number of benzene rings is 1. The summed E-state index contributed by atoms with van der Waals surface area (Å²) in [5.41, 5.74) is 0.364. The molecule has 0 fully saturated rings. The number of hydrogen-bond donors (Lipinski definition) is 0. The van der Waals surface area contributed by atoms with E-state index in [4.69, 9.17) is 4.74 Å². The Morgan fingerprint density at radius 3 is 2.70 bits per heavy atom. The molecule has 0 N–H and O–H groups in total. The van der Waals surface area contributed by atoms with Gasteiger partial charge in [0.15, 0.2) is 0 Å². The molecule has 0 aliphatic heterocycles. The van der Waals surface area contributed by atoms with Crippen LogP contribution in [0.25, 0.3) is 16.6 Å². The first-order valence-electron chi connectivity index (χ1n) is 7.04. The molecule has 23 heavy (non-hydrogen) atoms. The first-order chi connectivity index (χ1) is 11.1. The topological polar surface area (TPSA) is 61.2 Å². The average molecular weight is 312 g/mol. The summed E-state index contributed by atoms with van der Waals surface area (Å²) < 4.78 is 19.4. The first kappa shape index (κ1) is 14.9. The zero-order chi connectivity index (χ0) is 16.4. The lowest BCUT2D eigenvalue weighted by molar-refractivity contribution is 0.0524. The number of fused-ring (bicyclic) bond motifs is 1. The summed E-state index contributed by atoms with van der Waals surface area (Å²) in [6.07, 6.45) is 3.09. The largest absolute Gasteiger partial charge is 0.462 e. The zero-order valence-corrected chi connectivity index (χ0v) is 12.3. The summed E-state index contributed by atoms with van der Waals surface area (Å²) in [6.45, 7) is 1.84. The van der Waals surface area contributed by atoms with E-state index in [1.165, 1.54) is 41.1 Å². The van der Waals surface area contributed by atoms with Crippen LogP contribution in [0.15, 0.2) is 53.6 Å². The molecule has 0 aliphatic rings. The van der Waals surface area contributed by atoms with Gasteiger partial charge in [-0.05, 0) is 43.3 Å². The van der Waals surface area contributed by atoms with Crippen LogP contribution in [0.1, 0.15) is 17.3 Å². The van der Waals surface area contributed by atoms with Gasteiger partial charge in [0.2, 0.25) is 0 Å². The fourth-order valence-electron chi connectivity index (χ4n) is 2.35. The Balaban J connectivity index is 2.34. The number of carbonyl (C=O) groups is 1. The van der Waals surface area contributed by atoms with Gasteiger partial charge in [-0.15, -0.1) is 0 Å². The molecule has 0 atom stereocenters. The number of rotatable bonds is 3. The standard InChI is InChI=1S/C17H13FN2O3/c1-2-23-17(22)14-9-11-7-8-19-10-15(11)20(16(14)21)13-5-3-12(18)4-6-13/h3-10H,2H2,1H3. The van der Waals surface area contributed by atoms with Crippen molar-refractivity contribution in [2.24, 2.45) is 0 Å². The Labute approximate surface area is 131 Å². The molecule has 2 aromatic heterocycles. The molecule has 0 aliphatic carbocycles. The lowest BCUT2D eigenvalue weighted by Crippen LogP contribution is -2.26. The normalized spacial score (nSPS) is 10.7. The van der Waals surface area contributed by atoms with Crippen LogP contribution in [0.4, 0.5) is 4.39 Å². The molecule has 0 bridgehead atoms. The number of aromatic nitrogens is 2. The van der Waals surface area contributed by atoms with Crippen LogP contribution >= 0.6 is 0 Å². The van der Waals surface area contributed by atoms with Crippen molar-refractivity contribution in [2.45, 2.75) is 6.92 Å². The van der Waals surface area contributed by atoms with Crippen molar-refractivity contribution in [1.82, 2.24) is 9.55 Å². The van der Waals surface area contributed by atoms with Gasteiger partial charge in [-0.2, -0.15) is 0 Å². The lowest BCUT2D eigenvalue weighted by Gasteiger charge is -2.12. The summed E-state index contributed by atoms with van der Waals surface area (Å²) in [7, 11) is 0. The van der Waals surface area contributed by atoms with Crippen molar-refractivity contribution in [3.05, 3.63) is 70.5 Å². The SMILES string of the molecule is CCOC(=O)c1cc2ccncc2n(-c2ccc(F)cc2)c1=O. The first-order valence-corrected chi connectivity index (χ1v) is 7.04. The van der Waals surface area contributed by atoms with Crippen molar-refractivity contribution < 1.29 is 13.9 Å². The predicted molar refractivity (Wildman–Crippen MR) is 83.3 cm³/mol. The highest BCUT2D eigenvalue weighted by atomic mass is 19.1. The summed E-state index contributed by atoms with van der Waals surface area (Å²) >= 11 is 0. The Morgan fingerprint density at radius 1 is 1.26 bits per heavy atom. The lowest BCUT2D eigenvalue weighted by atomic mass is 10.1. The molecule has 0 saturated carbocycles. The predicted octanol–water partition coefficient (Wildman–Crippen LogP) is 2.70. The molecule has 0 amide bonds. The van der Waals surface area contributed by atoms with Gasteiger partial charge in [-0.1, -0.05) is 0 Å². The monoisotopic (exact) mass is 312 g/mol. The molecule has 1 aromatic carbocycles. The Kier molecular flexibility index (Phi) is 3.89. The molecule has 6 heteroatoms. The number of ether oxygens (including phenoxy) is 1. The maximum Gasteiger partial charge on any atom is 0.343 e. The van der Waals surface area contributed by atoms with Crippen molar-refractivity contribution in [3.8, 4) is 5.69 Å². The second-order valence-corrected chi connectivity index (χ2v) is 4.83. The van der Waals surface area contributed by atoms with E-state index in [0.717, 1.165) is 0 Å². The van der Waals surface area contributed by atoms with Crippen LogP contribution < -0.4 is 5.56 Å². The fourth-order valence-corrected chi connectivity index (χ4v) is 2.35. The number of nitrogens with zero attached hydrogens (tertiary/aromatic N) is 2. The van der Waals surface area contributed by atoms with Crippen molar-refractivity contribution in [3.63, 3.8) is 0 Å². The van der Waals surface area contributed by atoms with Crippen LogP contribution in [0.2, 0.25) is 0 Å². The number of esters is 1. The van der Waals surface area contributed by atoms with E-state index in [1.807, 2.05) is 0 Å². The van der Waals surface area contributed by atoms with Crippen LogP contribution in [0.3, 0.4) is 0 Å². The molecule has 0 radical (unpaired) electrons. The smallest absolute Gasteiger partial charge is 0.343 e. The summed E-state index contributed by atoms with van der Waals surface area (Å²) in [6, 6.07) is 8.62. The van der Waals surface area contributed by atoms with Gasteiger partial charge in [0, 0.05) is 17.3 Å². The highest BCUT2D eigenvalue weighted by Gasteiger charge is 2.17. The Morgan fingerprint density at radius 2 is 2.00 bits per heavy atom. The van der Waals surface area contributed by atoms with Crippen LogP contribution in [0.5, 0.6) is 0 Å². The van der Waals surface area contributed by atoms with Gasteiger partial charge >= 0.3 is 5.97 Å². The van der Waals surface area contributed by atoms with Crippen molar-refractivity contribution in [1.29, 1.82) is 0 Å². The zero-order valence-electron chi connectivity index (χ0n) is 12.3. The van der Waals surface area contributed by atoms with Gasteiger partial charge in [0.1, 0.15) is 11.4 Å². The van der Waals surface area contributed by atoms with Crippen LogP contribution in [0, 0.1) is 5.82 Å². The Hall–Kier alpha value is -3.02. The van der Waals surface area contributed by atoms with E-state index in [1.54, 1.807) is 19.2 Å². The van der Waals surface area contributed by atoms with Gasteiger partial charge in [0.25, 0.3) is 5.56 Å². The molecular weight excluding hydrogens is 299 g/mol. The number of pyridine rings is 2. The molecule has 2 heterocycles. The molecule has 5 nitrogen and oxygen atoms in total. The van der Waals surface area contributed by atoms with E-state index in [2.05, 4.69) is 4.98 Å². The third-order valence-corrected chi connectivity index (χ3v) is 3.39. The molecule has 0 saturated heterocycles. The summed E-state index contributed by atoms with van der Waals surface area (Å²) in [5.74, 6) is -1.10. The minimum absolute atomic E-state index is 0.0742. The summed E-state index contributed by atoms with van der Waals surface area (Å²) in [4.78, 5) is 28.8. The second kappa shape index (κ2) is 6.00. The van der Waals surface area contributed by atoms with Gasteiger partial charge in [0.05, 0.1) is 18.3 Å². The molecular formula is C17H13FN2O3. The van der Waals surface area contributed by atoms with E-state index >= 15 is 0 Å².